The number of halogens is 5. The molecular formula is C21H17ClF4N2O2. The molecule has 0 bridgehead atoms. The third-order valence-corrected chi connectivity index (χ3v) is 6.05. The van der Waals surface area contributed by atoms with Crippen LogP contribution < -0.4 is 10.6 Å². The van der Waals surface area contributed by atoms with Gasteiger partial charge in [-0.2, -0.15) is 13.2 Å². The summed E-state index contributed by atoms with van der Waals surface area (Å²) in [5, 5.41) is 5.63. The van der Waals surface area contributed by atoms with Gasteiger partial charge in [0.05, 0.1) is 12.0 Å². The summed E-state index contributed by atoms with van der Waals surface area (Å²) in [4.78, 5) is 25.1. The molecule has 2 amide bonds. The van der Waals surface area contributed by atoms with Crippen LogP contribution in [-0.2, 0) is 4.79 Å². The molecule has 2 N–H and O–H groups in total. The molecule has 9 heteroatoms. The van der Waals surface area contributed by atoms with Crippen LogP contribution in [-0.4, -0.2) is 18.0 Å². The maximum Gasteiger partial charge on any atom is 0.391 e. The first-order chi connectivity index (χ1) is 14.1. The second-order valence-corrected chi connectivity index (χ2v) is 7.98. The standard InChI is InChI=1S/C21H17ClF4N2O2/c22-15-7-6-12(23)9-14(15)18-17-13(20(30)28-18)2-1-3-16(17)27-19(29)10-4-5-11(8-10)21(24,25)26/h1-3,6-7,9-11,18H,4-5,8H2,(H,27,29)(H,28,30)/t10-,11+,18+/m1/s1. The number of hydrogen-bond donors (Lipinski definition) is 2. The number of fused-ring (bicyclic) bond motifs is 1. The summed E-state index contributed by atoms with van der Waals surface area (Å²) >= 11 is 6.20. The van der Waals surface area contributed by atoms with Crippen molar-refractivity contribution in [3.8, 4) is 0 Å². The minimum atomic E-state index is -4.32. The molecule has 1 fully saturated rings. The van der Waals surface area contributed by atoms with Crippen LogP contribution in [0.3, 0.4) is 0 Å². The van der Waals surface area contributed by atoms with Crippen LogP contribution in [0.4, 0.5) is 23.2 Å². The molecule has 1 saturated carbocycles. The van der Waals surface area contributed by atoms with Crippen molar-refractivity contribution in [1.29, 1.82) is 0 Å². The van der Waals surface area contributed by atoms with Gasteiger partial charge in [0.25, 0.3) is 5.91 Å². The predicted octanol–water partition coefficient (Wildman–Crippen LogP) is 5.23. The van der Waals surface area contributed by atoms with Gasteiger partial charge in [-0.15, -0.1) is 0 Å². The Morgan fingerprint density at radius 3 is 2.63 bits per heavy atom. The monoisotopic (exact) mass is 440 g/mol. The van der Waals surface area contributed by atoms with E-state index in [0.29, 0.717) is 11.1 Å². The SMILES string of the molecule is O=C1N[C@@H](c2cc(F)ccc2Cl)c2c(NC(=O)[C@@H]3CC[C@H](C(F)(F)F)C3)cccc21. The zero-order valence-corrected chi connectivity index (χ0v) is 16.3. The smallest absolute Gasteiger partial charge is 0.341 e. The van der Waals surface area contributed by atoms with Crippen molar-refractivity contribution in [3.63, 3.8) is 0 Å². The predicted molar refractivity (Wildman–Crippen MR) is 103 cm³/mol. The second-order valence-electron chi connectivity index (χ2n) is 7.58. The Bertz CT molecular complexity index is 1020. The highest BCUT2D eigenvalue weighted by molar-refractivity contribution is 6.31. The van der Waals surface area contributed by atoms with E-state index in [4.69, 9.17) is 11.6 Å². The molecule has 3 atom stereocenters. The Balaban J connectivity index is 1.63. The summed E-state index contributed by atoms with van der Waals surface area (Å²) in [5.41, 5.74) is 1.31. The van der Waals surface area contributed by atoms with Crippen LogP contribution in [0.2, 0.25) is 5.02 Å². The van der Waals surface area contributed by atoms with Crippen LogP contribution in [0.15, 0.2) is 36.4 Å². The molecule has 4 rings (SSSR count). The number of rotatable bonds is 3. The third kappa shape index (κ3) is 3.76. The first-order valence-corrected chi connectivity index (χ1v) is 9.79. The number of carbonyl (C=O) groups is 2. The Hall–Kier alpha value is -2.61. The fraction of sp³-hybridized carbons (Fsp3) is 0.333. The number of hydrogen-bond acceptors (Lipinski definition) is 2. The molecule has 1 heterocycles. The van der Waals surface area contributed by atoms with Crippen LogP contribution >= 0.6 is 11.6 Å². The number of anilines is 1. The lowest BCUT2D eigenvalue weighted by atomic mass is 9.95. The number of alkyl halides is 3. The molecule has 2 aromatic rings. The van der Waals surface area contributed by atoms with Gasteiger partial charge in [-0.3, -0.25) is 9.59 Å². The zero-order valence-electron chi connectivity index (χ0n) is 15.5. The maximum atomic E-state index is 13.8. The highest BCUT2D eigenvalue weighted by Gasteiger charge is 2.46. The van der Waals surface area contributed by atoms with E-state index in [1.807, 2.05) is 0 Å². The Morgan fingerprint density at radius 2 is 1.93 bits per heavy atom. The van der Waals surface area contributed by atoms with Gasteiger partial charge in [-0.1, -0.05) is 17.7 Å². The Kier molecular flexibility index (Phi) is 5.22. The maximum absolute atomic E-state index is 13.8. The molecule has 30 heavy (non-hydrogen) atoms. The summed E-state index contributed by atoms with van der Waals surface area (Å²) in [5.74, 6) is -3.74. The minimum absolute atomic E-state index is 0.0873. The zero-order chi connectivity index (χ0) is 21.6. The van der Waals surface area contributed by atoms with Gasteiger partial charge in [0.2, 0.25) is 5.91 Å². The van der Waals surface area contributed by atoms with Gasteiger partial charge in [0, 0.05) is 33.3 Å². The normalized spacial score (nSPS) is 23.2. The van der Waals surface area contributed by atoms with Gasteiger partial charge >= 0.3 is 6.18 Å². The first kappa shape index (κ1) is 20.7. The average Bonchev–Trinajstić information content (AvgIpc) is 3.30. The first-order valence-electron chi connectivity index (χ1n) is 9.41. The number of nitrogens with one attached hydrogen (secondary N) is 2. The largest absolute Gasteiger partial charge is 0.391 e. The fourth-order valence-electron chi connectivity index (χ4n) is 4.19. The molecule has 0 saturated heterocycles. The molecule has 0 spiro atoms. The van der Waals surface area contributed by atoms with E-state index in [9.17, 15) is 27.2 Å². The number of amides is 2. The van der Waals surface area contributed by atoms with Crippen molar-refractivity contribution in [2.75, 3.05) is 5.32 Å². The number of benzene rings is 2. The molecule has 1 aliphatic heterocycles. The third-order valence-electron chi connectivity index (χ3n) is 5.71. The molecular weight excluding hydrogens is 424 g/mol. The van der Waals surface area contributed by atoms with Crippen molar-refractivity contribution < 1.29 is 27.2 Å². The van der Waals surface area contributed by atoms with Crippen molar-refractivity contribution in [2.24, 2.45) is 11.8 Å². The van der Waals surface area contributed by atoms with Crippen LogP contribution in [0, 0.1) is 17.7 Å². The van der Waals surface area contributed by atoms with Gasteiger partial charge in [-0.25, -0.2) is 4.39 Å². The highest BCUT2D eigenvalue weighted by atomic mass is 35.5. The van der Waals surface area contributed by atoms with Crippen molar-refractivity contribution in [1.82, 2.24) is 5.32 Å². The Labute approximate surface area is 174 Å². The summed E-state index contributed by atoms with van der Waals surface area (Å²) in [6.45, 7) is 0. The van der Waals surface area contributed by atoms with Crippen molar-refractivity contribution >= 4 is 29.1 Å². The van der Waals surface area contributed by atoms with Gasteiger partial charge in [-0.05, 0) is 49.6 Å². The minimum Gasteiger partial charge on any atom is -0.341 e. The molecule has 0 unspecified atom stereocenters. The molecule has 0 radical (unpaired) electrons. The summed E-state index contributed by atoms with van der Waals surface area (Å²) < 4.78 is 52.6. The summed E-state index contributed by atoms with van der Waals surface area (Å²) in [6, 6.07) is 7.65. The quantitative estimate of drug-likeness (QED) is 0.642. The summed E-state index contributed by atoms with van der Waals surface area (Å²) in [6.07, 6.45) is -4.53. The fourth-order valence-corrected chi connectivity index (χ4v) is 4.41. The van der Waals surface area contributed by atoms with E-state index in [2.05, 4.69) is 10.6 Å². The van der Waals surface area contributed by atoms with Gasteiger partial charge in [0.1, 0.15) is 5.82 Å². The van der Waals surface area contributed by atoms with Crippen LogP contribution in [0.25, 0.3) is 0 Å². The van der Waals surface area contributed by atoms with Crippen LogP contribution in [0.5, 0.6) is 0 Å². The molecule has 2 aromatic carbocycles. The van der Waals surface area contributed by atoms with Crippen molar-refractivity contribution in [3.05, 3.63) is 63.9 Å². The topological polar surface area (TPSA) is 58.2 Å². The van der Waals surface area contributed by atoms with E-state index >= 15 is 0 Å². The molecule has 0 aromatic heterocycles. The lowest BCUT2D eigenvalue weighted by Gasteiger charge is -2.19. The number of carbonyl (C=O) groups excluding carboxylic acids is 2. The Morgan fingerprint density at radius 1 is 1.17 bits per heavy atom. The van der Waals surface area contributed by atoms with E-state index < -0.39 is 41.7 Å². The lowest BCUT2D eigenvalue weighted by molar-refractivity contribution is -0.173. The molecule has 1 aliphatic carbocycles. The van der Waals surface area contributed by atoms with E-state index in [1.54, 1.807) is 18.2 Å². The van der Waals surface area contributed by atoms with E-state index in [0.717, 1.165) is 0 Å². The molecule has 158 valence electrons. The van der Waals surface area contributed by atoms with Crippen molar-refractivity contribution in [2.45, 2.75) is 31.5 Å². The van der Waals surface area contributed by atoms with E-state index in [-0.39, 0.29) is 35.5 Å². The van der Waals surface area contributed by atoms with Crippen LogP contribution in [0.1, 0.15) is 46.8 Å². The lowest BCUT2D eigenvalue weighted by Crippen LogP contribution is -2.25. The van der Waals surface area contributed by atoms with E-state index in [1.165, 1.54) is 18.2 Å². The molecule has 4 nitrogen and oxygen atoms in total. The summed E-state index contributed by atoms with van der Waals surface area (Å²) in [7, 11) is 0. The average molecular weight is 441 g/mol. The highest BCUT2D eigenvalue weighted by Crippen LogP contribution is 2.43. The molecule has 2 aliphatic rings. The second kappa shape index (κ2) is 7.58. The van der Waals surface area contributed by atoms with Gasteiger partial charge < -0.3 is 10.6 Å². The van der Waals surface area contributed by atoms with Gasteiger partial charge in [0.15, 0.2) is 0 Å².